The molecule has 1 saturated heterocycles. The number of benzene rings is 3. The number of carbonyl (C=O) groups is 3. The number of esters is 3. The second kappa shape index (κ2) is 16.1. The smallest absolute Gasteiger partial charge is 0.338 e. The number of hydrogen-bond donors (Lipinski definition) is 1. The van der Waals surface area contributed by atoms with Crippen molar-refractivity contribution in [3.63, 3.8) is 0 Å². The fourth-order valence-corrected chi connectivity index (χ4v) is 7.47. The summed E-state index contributed by atoms with van der Waals surface area (Å²) in [5, 5.41) is 0. The molecule has 1 fully saturated rings. The minimum atomic E-state index is -1.55. The van der Waals surface area contributed by atoms with Crippen LogP contribution in [-0.4, -0.2) is 68.5 Å². The molecule has 3 aromatic rings. The number of nitrogens with one attached hydrogen (secondary N) is 1. The van der Waals surface area contributed by atoms with E-state index in [9.17, 15) is 18.6 Å². The average molecular weight is 692 g/mol. The van der Waals surface area contributed by atoms with Gasteiger partial charge in [-0.1, -0.05) is 73.7 Å². The summed E-state index contributed by atoms with van der Waals surface area (Å²) in [7, 11) is -1.55. The molecule has 0 aliphatic carbocycles. The summed E-state index contributed by atoms with van der Waals surface area (Å²) in [5.41, 5.74) is 0.0172. The van der Waals surface area contributed by atoms with E-state index in [1.807, 2.05) is 33.8 Å². The molecule has 1 N–H and O–H groups in total. The maximum Gasteiger partial charge on any atom is 0.338 e. The van der Waals surface area contributed by atoms with Crippen molar-refractivity contribution in [1.29, 1.82) is 0 Å². The lowest BCUT2D eigenvalue weighted by molar-refractivity contribution is -0.207. The Labute approximate surface area is 288 Å². The van der Waals surface area contributed by atoms with Gasteiger partial charge in [0.05, 0.1) is 38.5 Å². The molecule has 11 heteroatoms. The van der Waals surface area contributed by atoms with E-state index in [1.54, 1.807) is 91.0 Å². The Morgan fingerprint density at radius 1 is 0.750 bits per heavy atom. The molecular formula is C37H41NO8S2. The Hall–Kier alpha value is -3.77. The van der Waals surface area contributed by atoms with E-state index < -0.39 is 69.5 Å². The van der Waals surface area contributed by atoms with Gasteiger partial charge in [0.25, 0.3) is 0 Å². The van der Waals surface area contributed by atoms with E-state index in [1.165, 1.54) is 11.8 Å². The summed E-state index contributed by atoms with van der Waals surface area (Å²) >= 11 is 1.41. The Morgan fingerprint density at radius 3 is 1.69 bits per heavy atom. The zero-order valence-electron chi connectivity index (χ0n) is 27.4. The maximum atomic E-state index is 13.7. The van der Waals surface area contributed by atoms with E-state index in [4.69, 9.17) is 18.9 Å². The number of carbonyl (C=O) groups excluding carboxylic acids is 3. The van der Waals surface area contributed by atoms with E-state index in [0.717, 1.165) is 0 Å². The summed E-state index contributed by atoms with van der Waals surface area (Å²) in [4.78, 5) is 41.1. The zero-order chi connectivity index (χ0) is 34.3. The van der Waals surface area contributed by atoms with E-state index in [2.05, 4.69) is 10.8 Å². The van der Waals surface area contributed by atoms with Crippen molar-refractivity contribution < 1.29 is 37.5 Å². The topological polar surface area (TPSA) is 117 Å². The van der Waals surface area contributed by atoms with Gasteiger partial charge in [0, 0.05) is 0 Å². The molecule has 8 atom stereocenters. The van der Waals surface area contributed by atoms with Crippen LogP contribution in [0.3, 0.4) is 0 Å². The number of thioether (sulfide) groups is 1. The molecule has 2 aliphatic heterocycles. The fourth-order valence-electron chi connectivity index (χ4n) is 5.41. The van der Waals surface area contributed by atoms with Crippen LogP contribution >= 0.6 is 11.8 Å². The highest BCUT2D eigenvalue weighted by Gasteiger charge is 2.55. The predicted molar refractivity (Wildman–Crippen MR) is 186 cm³/mol. The highest BCUT2D eigenvalue weighted by molar-refractivity contribution is 7.99. The first kappa shape index (κ1) is 35.5. The number of rotatable bonds is 8. The summed E-state index contributed by atoms with van der Waals surface area (Å²) in [6.07, 6.45) is 0.0418. The Bertz CT molecular complexity index is 1600. The molecule has 0 aromatic heterocycles. The molecule has 0 saturated carbocycles. The molecule has 9 nitrogen and oxygen atoms in total. The van der Waals surface area contributed by atoms with Gasteiger partial charge in [-0.05, 0) is 75.3 Å². The van der Waals surface area contributed by atoms with Crippen LogP contribution in [-0.2, 0) is 29.9 Å². The van der Waals surface area contributed by atoms with E-state index in [-0.39, 0.29) is 17.0 Å². The molecular weight excluding hydrogens is 651 g/mol. The lowest BCUT2D eigenvalue weighted by Gasteiger charge is -2.48. The number of allylic oxidation sites excluding steroid dienone is 1. The molecule has 0 unspecified atom stereocenters. The van der Waals surface area contributed by atoms with Crippen LogP contribution in [0.5, 0.6) is 0 Å². The summed E-state index contributed by atoms with van der Waals surface area (Å²) in [6.45, 7) is 7.53. The van der Waals surface area contributed by atoms with Gasteiger partial charge in [-0.3, -0.25) is 0 Å². The third-order valence-electron chi connectivity index (χ3n) is 8.01. The van der Waals surface area contributed by atoms with Crippen LogP contribution in [0.1, 0.15) is 65.2 Å². The molecule has 0 amide bonds. The lowest BCUT2D eigenvalue weighted by atomic mass is 9.87. The van der Waals surface area contributed by atoms with Gasteiger partial charge in [0.2, 0.25) is 0 Å². The van der Waals surface area contributed by atoms with Crippen molar-refractivity contribution in [2.75, 3.05) is 5.75 Å². The summed E-state index contributed by atoms with van der Waals surface area (Å²) in [6, 6.07) is 24.7. The van der Waals surface area contributed by atoms with Crippen LogP contribution in [0, 0.1) is 5.92 Å². The largest absolute Gasteiger partial charge is 0.452 e. The van der Waals surface area contributed by atoms with Gasteiger partial charge < -0.3 is 18.9 Å². The molecule has 3 aromatic carbocycles. The van der Waals surface area contributed by atoms with Crippen LogP contribution in [0.4, 0.5) is 0 Å². The van der Waals surface area contributed by atoms with Crippen LogP contribution in [0.15, 0.2) is 103 Å². The van der Waals surface area contributed by atoms with E-state index >= 15 is 0 Å². The SMILES string of the molecule is C[C@@H]1/C=C\CCS[C@H]2O[C@H]([C@@H]1N[S@](=O)C(C)(C)C)[C@H](OC(=O)c1ccccc1)[C@H](OC(=O)c1ccccc1)[C@H]2OC(=O)c1ccccc1. The fraction of sp³-hybridized carbons (Fsp3) is 0.378. The van der Waals surface area contributed by atoms with Gasteiger partial charge in [-0.2, -0.15) is 0 Å². The van der Waals surface area contributed by atoms with Crippen molar-refractivity contribution >= 4 is 40.7 Å². The first-order chi connectivity index (χ1) is 23.0. The minimum absolute atomic E-state index is 0.253. The summed E-state index contributed by atoms with van der Waals surface area (Å²) in [5.74, 6) is -1.66. The van der Waals surface area contributed by atoms with Gasteiger partial charge in [-0.25, -0.2) is 23.3 Å². The molecule has 2 aliphatic rings. The van der Waals surface area contributed by atoms with Gasteiger partial charge in [0.15, 0.2) is 18.3 Å². The first-order valence-electron chi connectivity index (χ1n) is 15.9. The van der Waals surface area contributed by atoms with Crippen LogP contribution < -0.4 is 4.72 Å². The van der Waals surface area contributed by atoms with Crippen molar-refractivity contribution in [3.05, 3.63) is 120 Å². The van der Waals surface area contributed by atoms with Crippen molar-refractivity contribution in [2.24, 2.45) is 5.92 Å². The van der Waals surface area contributed by atoms with Crippen LogP contribution in [0.25, 0.3) is 0 Å². The van der Waals surface area contributed by atoms with Crippen molar-refractivity contribution in [2.45, 2.75) is 74.8 Å². The van der Waals surface area contributed by atoms with Crippen molar-refractivity contribution in [3.8, 4) is 0 Å². The highest BCUT2D eigenvalue weighted by Crippen LogP contribution is 2.38. The third-order valence-corrected chi connectivity index (χ3v) is 10.8. The monoisotopic (exact) mass is 691 g/mol. The van der Waals surface area contributed by atoms with Gasteiger partial charge in [-0.15, -0.1) is 11.8 Å². The minimum Gasteiger partial charge on any atom is -0.452 e. The molecule has 5 rings (SSSR count). The quantitative estimate of drug-likeness (QED) is 0.169. The van der Waals surface area contributed by atoms with Gasteiger partial charge >= 0.3 is 17.9 Å². The Morgan fingerprint density at radius 2 is 1.21 bits per heavy atom. The number of ether oxygens (including phenoxy) is 4. The maximum absolute atomic E-state index is 13.7. The van der Waals surface area contributed by atoms with Crippen molar-refractivity contribution in [1.82, 2.24) is 4.72 Å². The number of fused-ring (bicyclic) bond motifs is 2. The molecule has 0 spiro atoms. The average Bonchev–Trinajstić information content (AvgIpc) is 3.09. The highest BCUT2D eigenvalue weighted by atomic mass is 32.2. The molecule has 2 bridgehead atoms. The molecule has 254 valence electrons. The Balaban J connectivity index is 1.63. The Kier molecular flexibility index (Phi) is 11.9. The molecule has 2 heterocycles. The standard InChI is InChI=1S/C37H41NO8S2/c1-24-16-14-15-23-47-36-32(45-35(41)27-21-12-7-13-22-27)31(44-34(40)26-19-10-6-11-20-26)30(43-33(39)25-17-8-5-9-18-25)29(46-36)28(24)38-48(42)37(2,3)4/h5-14,16-22,24,28-32,36,38H,15,23H2,1-4H3/b16-14-/t24-,28-,29-,30+,31+,32-,36-,48-/m1/s1. The normalized spacial score (nSPS) is 27.1. The van der Waals surface area contributed by atoms with Gasteiger partial charge in [0.1, 0.15) is 11.5 Å². The lowest BCUT2D eigenvalue weighted by Crippen LogP contribution is -2.66. The first-order valence-corrected chi connectivity index (χ1v) is 18.1. The zero-order valence-corrected chi connectivity index (χ0v) is 29.0. The second-order valence-electron chi connectivity index (χ2n) is 12.6. The molecule has 48 heavy (non-hydrogen) atoms. The van der Waals surface area contributed by atoms with E-state index in [0.29, 0.717) is 17.7 Å². The second-order valence-corrected chi connectivity index (χ2v) is 15.9. The molecule has 0 radical (unpaired) electrons. The summed E-state index contributed by atoms with van der Waals surface area (Å²) < 4.78 is 41.6. The predicted octanol–water partition coefficient (Wildman–Crippen LogP) is 6.14. The van der Waals surface area contributed by atoms with Crippen LogP contribution in [0.2, 0.25) is 0 Å². The number of hydrogen-bond acceptors (Lipinski definition) is 9. The third kappa shape index (κ3) is 8.82.